The quantitative estimate of drug-likeness (QED) is 0.593. The first-order chi connectivity index (χ1) is 8.63. The monoisotopic (exact) mass is 245 g/mol. The zero-order valence-corrected chi connectivity index (χ0v) is 10.3. The lowest BCUT2D eigenvalue weighted by molar-refractivity contribution is -0.385. The fourth-order valence-electron chi connectivity index (χ4n) is 2.40. The van der Waals surface area contributed by atoms with Gasteiger partial charge in [0.1, 0.15) is 11.6 Å². The van der Waals surface area contributed by atoms with Gasteiger partial charge < -0.3 is 4.90 Å². The van der Waals surface area contributed by atoms with Gasteiger partial charge in [0.05, 0.1) is 4.92 Å². The van der Waals surface area contributed by atoms with Crippen LogP contribution in [0.5, 0.6) is 0 Å². The molecule has 18 heavy (non-hydrogen) atoms. The predicted octanol–water partition coefficient (Wildman–Crippen LogP) is 2.77. The molecular formula is C13H15N3O2. The predicted molar refractivity (Wildman–Crippen MR) is 68.6 cm³/mol. The third-order valence-corrected chi connectivity index (χ3v) is 3.33. The fraction of sp³-hybridized carbons (Fsp3) is 0.462. The lowest BCUT2D eigenvalue weighted by Gasteiger charge is -2.30. The molecule has 0 atom stereocenters. The molecule has 1 saturated heterocycles. The highest BCUT2D eigenvalue weighted by molar-refractivity contribution is 5.64. The molecule has 1 fully saturated rings. The smallest absolute Gasteiger partial charge is 0.287 e. The maximum atomic E-state index is 10.9. The number of hydrogen-bond donors (Lipinski definition) is 0. The van der Waals surface area contributed by atoms with Crippen LogP contribution in [-0.2, 0) is 0 Å². The van der Waals surface area contributed by atoms with E-state index in [1.54, 1.807) is 6.07 Å². The molecule has 1 aromatic carbocycles. The highest BCUT2D eigenvalue weighted by Crippen LogP contribution is 2.30. The Morgan fingerprint density at radius 2 is 2.00 bits per heavy atom. The third kappa shape index (κ3) is 2.28. The van der Waals surface area contributed by atoms with Gasteiger partial charge in [-0.1, -0.05) is 0 Å². The van der Waals surface area contributed by atoms with Crippen molar-refractivity contribution in [3.05, 3.63) is 33.4 Å². The van der Waals surface area contributed by atoms with E-state index in [-0.39, 0.29) is 11.3 Å². The topological polar surface area (TPSA) is 70.2 Å². The Morgan fingerprint density at radius 3 is 2.56 bits per heavy atom. The summed E-state index contributed by atoms with van der Waals surface area (Å²) in [5, 5.41) is 19.9. The second-order valence-corrected chi connectivity index (χ2v) is 4.57. The van der Waals surface area contributed by atoms with E-state index >= 15 is 0 Å². The maximum Gasteiger partial charge on any atom is 0.287 e. The van der Waals surface area contributed by atoms with Crippen LogP contribution in [0.3, 0.4) is 0 Å². The van der Waals surface area contributed by atoms with Gasteiger partial charge >= 0.3 is 0 Å². The molecule has 0 amide bonds. The van der Waals surface area contributed by atoms with Gasteiger partial charge in [-0.2, -0.15) is 5.26 Å². The van der Waals surface area contributed by atoms with Crippen LogP contribution in [0.1, 0.15) is 30.4 Å². The number of hydrogen-bond acceptors (Lipinski definition) is 4. The van der Waals surface area contributed by atoms with Crippen molar-refractivity contribution < 1.29 is 4.92 Å². The van der Waals surface area contributed by atoms with Gasteiger partial charge in [0.2, 0.25) is 0 Å². The summed E-state index contributed by atoms with van der Waals surface area (Å²) in [7, 11) is 0. The first-order valence-corrected chi connectivity index (χ1v) is 6.07. The summed E-state index contributed by atoms with van der Waals surface area (Å²) in [6, 6.07) is 5.07. The third-order valence-electron chi connectivity index (χ3n) is 3.33. The summed E-state index contributed by atoms with van der Waals surface area (Å²) in [6.45, 7) is 3.78. The van der Waals surface area contributed by atoms with Gasteiger partial charge in [0.15, 0.2) is 0 Å². The van der Waals surface area contributed by atoms with E-state index in [1.165, 1.54) is 12.5 Å². The molecule has 0 aliphatic carbocycles. The average Bonchev–Trinajstić information content (AvgIpc) is 2.39. The normalized spacial score (nSPS) is 15.2. The van der Waals surface area contributed by atoms with Crippen molar-refractivity contribution in [1.29, 1.82) is 5.26 Å². The molecule has 1 aliphatic heterocycles. The second kappa shape index (κ2) is 5.05. The number of nitro benzene ring substituents is 1. The van der Waals surface area contributed by atoms with E-state index in [4.69, 9.17) is 5.26 Å². The summed E-state index contributed by atoms with van der Waals surface area (Å²) in [5.74, 6) is 0. The molecule has 0 spiro atoms. The Morgan fingerprint density at radius 1 is 1.33 bits per heavy atom. The summed E-state index contributed by atoms with van der Waals surface area (Å²) in [5.41, 5.74) is 1.86. The fourth-order valence-corrected chi connectivity index (χ4v) is 2.40. The lowest BCUT2D eigenvalue weighted by atomic mass is 10.0. The second-order valence-electron chi connectivity index (χ2n) is 4.57. The molecule has 1 heterocycles. The molecule has 5 nitrogen and oxygen atoms in total. The lowest BCUT2D eigenvalue weighted by Crippen LogP contribution is -2.30. The molecule has 0 bridgehead atoms. The van der Waals surface area contributed by atoms with Crippen molar-refractivity contribution >= 4 is 11.4 Å². The Kier molecular flexibility index (Phi) is 3.47. The molecule has 5 heteroatoms. The molecule has 1 aliphatic rings. The van der Waals surface area contributed by atoms with Crippen molar-refractivity contribution in [2.45, 2.75) is 26.2 Å². The van der Waals surface area contributed by atoms with Gasteiger partial charge in [0.25, 0.3) is 5.69 Å². The van der Waals surface area contributed by atoms with E-state index in [1.807, 2.05) is 13.0 Å². The molecule has 0 N–H and O–H groups in total. The Balaban J connectivity index is 2.43. The Bertz CT molecular complexity index is 514. The maximum absolute atomic E-state index is 10.9. The van der Waals surface area contributed by atoms with Gasteiger partial charge in [-0.3, -0.25) is 10.1 Å². The zero-order chi connectivity index (χ0) is 13.1. The molecule has 0 saturated carbocycles. The molecule has 0 unspecified atom stereocenters. The number of rotatable bonds is 2. The van der Waals surface area contributed by atoms with Gasteiger partial charge in [-0.25, -0.2) is 0 Å². The number of nitriles is 1. The van der Waals surface area contributed by atoms with Crippen LogP contribution in [0.2, 0.25) is 0 Å². The standard InChI is InChI=1S/C13H15N3O2/c1-10-7-13(16(17)18)11(9-14)8-12(10)15-5-3-2-4-6-15/h7-8H,2-6H2,1H3. The van der Waals surface area contributed by atoms with Crippen molar-refractivity contribution in [1.82, 2.24) is 0 Å². The van der Waals surface area contributed by atoms with Gasteiger partial charge in [-0.15, -0.1) is 0 Å². The highest BCUT2D eigenvalue weighted by atomic mass is 16.6. The largest absolute Gasteiger partial charge is 0.371 e. The van der Waals surface area contributed by atoms with Crippen molar-refractivity contribution in [3.8, 4) is 6.07 Å². The number of benzene rings is 1. The van der Waals surface area contributed by atoms with Crippen LogP contribution < -0.4 is 4.90 Å². The molecule has 0 aromatic heterocycles. The Labute approximate surface area is 106 Å². The summed E-state index contributed by atoms with van der Waals surface area (Å²) >= 11 is 0. The highest BCUT2D eigenvalue weighted by Gasteiger charge is 2.20. The summed E-state index contributed by atoms with van der Waals surface area (Å²) in [4.78, 5) is 12.6. The van der Waals surface area contributed by atoms with Crippen LogP contribution in [0.25, 0.3) is 0 Å². The zero-order valence-electron chi connectivity index (χ0n) is 10.3. The van der Waals surface area contributed by atoms with Crippen LogP contribution in [0.4, 0.5) is 11.4 Å². The SMILES string of the molecule is Cc1cc([N+](=O)[O-])c(C#N)cc1N1CCCCC1. The number of piperidine rings is 1. The molecule has 2 rings (SSSR count). The molecular weight excluding hydrogens is 230 g/mol. The van der Waals surface area contributed by atoms with E-state index in [0.717, 1.165) is 37.2 Å². The first-order valence-electron chi connectivity index (χ1n) is 6.07. The van der Waals surface area contributed by atoms with Crippen molar-refractivity contribution in [3.63, 3.8) is 0 Å². The Hall–Kier alpha value is -2.09. The first kappa shape index (κ1) is 12.4. The number of nitro groups is 1. The summed E-state index contributed by atoms with van der Waals surface area (Å²) in [6.07, 6.45) is 3.50. The molecule has 0 radical (unpaired) electrons. The van der Waals surface area contributed by atoms with E-state index in [0.29, 0.717) is 0 Å². The minimum atomic E-state index is -0.495. The van der Waals surface area contributed by atoms with E-state index in [9.17, 15) is 10.1 Å². The van der Waals surface area contributed by atoms with E-state index < -0.39 is 4.92 Å². The molecule has 1 aromatic rings. The average molecular weight is 245 g/mol. The number of nitrogens with zero attached hydrogens (tertiary/aromatic N) is 3. The van der Waals surface area contributed by atoms with Gasteiger partial charge in [0, 0.05) is 24.8 Å². The number of anilines is 1. The van der Waals surface area contributed by atoms with Crippen molar-refractivity contribution in [2.24, 2.45) is 0 Å². The minimum Gasteiger partial charge on any atom is -0.371 e. The van der Waals surface area contributed by atoms with Crippen LogP contribution in [-0.4, -0.2) is 18.0 Å². The summed E-state index contributed by atoms with van der Waals surface area (Å²) < 4.78 is 0. The minimum absolute atomic E-state index is 0.101. The van der Waals surface area contributed by atoms with Crippen molar-refractivity contribution in [2.75, 3.05) is 18.0 Å². The molecule has 94 valence electrons. The van der Waals surface area contributed by atoms with Crippen LogP contribution in [0, 0.1) is 28.4 Å². The van der Waals surface area contributed by atoms with E-state index in [2.05, 4.69) is 4.90 Å². The van der Waals surface area contributed by atoms with Crippen LogP contribution >= 0.6 is 0 Å². The number of aryl methyl sites for hydroxylation is 1. The van der Waals surface area contributed by atoms with Crippen LogP contribution in [0.15, 0.2) is 12.1 Å². The van der Waals surface area contributed by atoms with Gasteiger partial charge in [-0.05, 0) is 37.8 Å².